The highest BCUT2D eigenvalue weighted by Crippen LogP contribution is 2.30. The van der Waals surface area contributed by atoms with Gasteiger partial charge in [0.25, 0.3) is 6.47 Å². The molecule has 0 aromatic carbocycles. The minimum Gasteiger partial charge on any atom is -0.481 e. The van der Waals surface area contributed by atoms with Gasteiger partial charge in [-0.25, -0.2) is 0 Å². The zero-order valence-electron chi connectivity index (χ0n) is 18.6. The third kappa shape index (κ3) is 16.8. The van der Waals surface area contributed by atoms with Gasteiger partial charge in [-0.15, -0.1) is 0 Å². The highest BCUT2D eigenvalue weighted by molar-refractivity contribution is 5.78. The lowest BCUT2D eigenvalue weighted by molar-refractivity contribution is -0.137. The summed E-state index contributed by atoms with van der Waals surface area (Å²) >= 11 is 0. The van der Waals surface area contributed by atoms with Crippen LogP contribution in [0.3, 0.4) is 0 Å². The lowest BCUT2D eigenvalue weighted by atomic mass is 9.82. The fourth-order valence-electron chi connectivity index (χ4n) is 3.41. The van der Waals surface area contributed by atoms with Gasteiger partial charge in [-0.1, -0.05) is 53.4 Å². The van der Waals surface area contributed by atoms with Crippen LogP contribution in [0.1, 0.15) is 111 Å². The van der Waals surface area contributed by atoms with Crippen LogP contribution in [0, 0.1) is 10.8 Å². The van der Waals surface area contributed by atoms with Crippen LogP contribution in [0.2, 0.25) is 0 Å². The topological polar surface area (TPSA) is 80.7 Å². The molecule has 5 nitrogen and oxygen atoms in total. The van der Waals surface area contributed by atoms with Crippen molar-refractivity contribution >= 4 is 18.2 Å². The molecule has 0 aliphatic rings. The SMILES string of the molecule is CC(C)(CCCCCC(=O)CCCCCC(C)(C)CCC(=O)O)CCOC=O. The first-order valence-corrected chi connectivity index (χ1v) is 10.9. The third-order valence-corrected chi connectivity index (χ3v) is 5.60. The van der Waals surface area contributed by atoms with Gasteiger partial charge >= 0.3 is 5.97 Å². The molecule has 0 spiro atoms. The molecule has 0 rings (SSSR count). The number of hydrogen-bond acceptors (Lipinski definition) is 4. The van der Waals surface area contributed by atoms with Gasteiger partial charge in [-0.2, -0.15) is 0 Å². The molecule has 0 aliphatic heterocycles. The predicted octanol–water partition coefficient (Wildman–Crippen LogP) is 5.94. The maximum Gasteiger partial charge on any atom is 0.303 e. The first kappa shape index (κ1) is 26.6. The van der Waals surface area contributed by atoms with Crippen LogP contribution in [0.5, 0.6) is 0 Å². The van der Waals surface area contributed by atoms with E-state index in [2.05, 4.69) is 27.7 Å². The average molecular weight is 399 g/mol. The number of carboxylic acids is 1. The Kier molecular flexibility index (Phi) is 13.9. The van der Waals surface area contributed by atoms with Crippen molar-refractivity contribution in [1.82, 2.24) is 0 Å². The number of hydrogen-bond donors (Lipinski definition) is 1. The number of carboxylic acid groups (broad SMARTS) is 1. The number of ketones is 1. The summed E-state index contributed by atoms with van der Waals surface area (Å²) in [6, 6.07) is 0. The van der Waals surface area contributed by atoms with Gasteiger partial charge in [-0.05, 0) is 49.4 Å². The van der Waals surface area contributed by atoms with Gasteiger partial charge in [0.05, 0.1) is 6.61 Å². The number of ether oxygens (including phenoxy) is 1. The molecular formula is C23H42O5. The molecule has 0 saturated carbocycles. The van der Waals surface area contributed by atoms with Crippen LogP contribution >= 0.6 is 0 Å². The Labute approximate surface area is 171 Å². The minimum atomic E-state index is -0.728. The van der Waals surface area contributed by atoms with Gasteiger partial charge in [0.2, 0.25) is 0 Å². The van der Waals surface area contributed by atoms with E-state index in [9.17, 15) is 14.4 Å². The first-order chi connectivity index (χ1) is 13.1. The monoisotopic (exact) mass is 398 g/mol. The van der Waals surface area contributed by atoms with Crippen LogP contribution < -0.4 is 0 Å². The molecule has 0 heterocycles. The molecule has 164 valence electrons. The van der Waals surface area contributed by atoms with Crippen molar-refractivity contribution in [3.63, 3.8) is 0 Å². The fraction of sp³-hybridized carbons (Fsp3) is 0.870. The van der Waals surface area contributed by atoms with E-state index in [-0.39, 0.29) is 17.3 Å². The Morgan fingerprint density at radius 1 is 0.750 bits per heavy atom. The average Bonchev–Trinajstić information content (AvgIpc) is 2.59. The minimum absolute atomic E-state index is 0.0650. The van der Waals surface area contributed by atoms with E-state index in [4.69, 9.17) is 9.84 Å². The molecule has 0 aromatic heterocycles. The van der Waals surface area contributed by atoms with Crippen molar-refractivity contribution in [2.75, 3.05) is 6.61 Å². The van der Waals surface area contributed by atoms with E-state index in [0.29, 0.717) is 38.1 Å². The number of carbonyl (C=O) groups excluding carboxylic acids is 2. The Bertz CT molecular complexity index is 454. The molecule has 0 aliphatic carbocycles. The molecule has 0 fully saturated rings. The molecule has 0 bridgehead atoms. The second-order valence-corrected chi connectivity index (χ2v) is 9.60. The third-order valence-electron chi connectivity index (χ3n) is 5.60. The van der Waals surface area contributed by atoms with Gasteiger partial charge in [0.1, 0.15) is 5.78 Å². The second kappa shape index (κ2) is 14.6. The number of unbranched alkanes of at least 4 members (excludes halogenated alkanes) is 4. The standard InChI is InChI=1S/C23H42O5/c1-22(2,16-13-21(26)27)14-9-5-7-11-20(25)12-8-6-10-15-23(3,4)17-18-28-19-24/h19H,5-18H2,1-4H3,(H,26,27). The zero-order valence-corrected chi connectivity index (χ0v) is 18.6. The van der Waals surface area contributed by atoms with Crippen LogP contribution in [-0.2, 0) is 19.1 Å². The number of Topliss-reactive ketones (excluding diaryl/α,β-unsaturated/α-hetero) is 1. The molecule has 0 unspecified atom stereocenters. The van der Waals surface area contributed by atoms with Crippen LogP contribution in [0.15, 0.2) is 0 Å². The van der Waals surface area contributed by atoms with Gasteiger partial charge in [0, 0.05) is 19.3 Å². The smallest absolute Gasteiger partial charge is 0.303 e. The molecule has 1 N–H and O–H groups in total. The summed E-state index contributed by atoms with van der Waals surface area (Å²) in [6.07, 6.45) is 11.4. The fourth-order valence-corrected chi connectivity index (χ4v) is 3.41. The van der Waals surface area contributed by atoms with E-state index in [1.54, 1.807) is 0 Å². The highest BCUT2D eigenvalue weighted by atomic mass is 16.5. The Morgan fingerprint density at radius 2 is 1.25 bits per heavy atom. The van der Waals surface area contributed by atoms with Gasteiger partial charge < -0.3 is 9.84 Å². The van der Waals surface area contributed by atoms with Crippen molar-refractivity contribution in [2.24, 2.45) is 10.8 Å². The summed E-state index contributed by atoms with van der Waals surface area (Å²) in [5, 5.41) is 8.78. The first-order valence-electron chi connectivity index (χ1n) is 10.9. The molecule has 0 amide bonds. The van der Waals surface area contributed by atoms with E-state index in [1.165, 1.54) is 0 Å². The number of rotatable bonds is 19. The lowest BCUT2D eigenvalue weighted by Crippen LogP contribution is -2.14. The quantitative estimate of drug-likeness (QED) is 0.215. The van der Waals surface area contributed by atoms with Crippen molar-refractivity contribution in [2.45, 2.75) is 111 Å². The highest BCUT2D eigenvalue weighted by Gasteiger charge is 2.19. The molecule has 5 heteroatoms. The normalized spacial score (nSPS) is 12.0. The molecule has 0 radical (unpaired) electrons. The maximum atomic E-state index is 12.0. The lowest BCUT2D eigenvalue weighted by Gasteiger charge is -2.23. The molecule has 0 saturated heterocycles. The van der Waals surface area contributed by atoms with Crippen LogP contribution in [0.25, 0.3) is 0 Å². The Balaban J connectivity index is 3.65. The van der Waals surface area contributed by atoms with Crippen molar-refractivity contribution < 1.29 is 24.2 Å². The second-order valence-electron chi connectivity index (χ2n) is 9.60. The maximum absolute atomic E-state index is 12.0. The number of aliphatic carboxylic acids is 1. The molecule has 28 heavy (non-hydrogen) atoms. The summed E-state index contributed by atoms with van der Waals surface area (Å²) in [5.41, 5.74) is 0.237. The zero-order chi connectivity index (χ0) is 21.5. The Morgan fingerprint density at radius 3 is 1.71 bits per heavy atom. The summed E-state index contributed by atoms with van der Waals surface area (Å²) in [6.45, 7) is 9.60. The van der Waals surface area contributed by atoms with E-state index >= 15 is 0 Å². The molecule has 0 aromatic rings. The van der Waals surface area contributed by atoms with Crippen LogP contribution in [-0.4, -0.2) is 29.9 Å². The van der Waals surface area contributed by atoms with Crippen molar-refractivity contribution in [1.29, 1.82) is 0 Å². The van der Waals surface area contributed by atoms with Gasteiger partial charge in [-0.3, -0.25) is 14.4 Å². The predicted molar refractivity (Wildman–Crippen MR) is 112 cm³/mol. The summed E-state index contributed by atoms with van der Waals surface area (Å²) in [4.78, 5) is 32.9. The summed E-state index contributed by atoms with van der Waals surface area (Å²) in [5.74, 6) is -0.363. The van der Waals surface area contributed by atoms with E-state index < -0.39 is 5.97 Å². The van der Waals surface area contributed by atoms with Crippen LogP contribution in [0.4, 0.5) is 0 Å². The number of carbonyl (C=O) groups is 3. The van der Waals surface area contributed by atoms with Crippen molar-refractivity contribution in [3.8, 4) is 0 Å². The van der Waals surface area contributed by atoms with E-state index in [0.717, 1.165) is 57.8 Å². The summed E-state index contributed by atoms with van der Waals surface area (Å²) in [7, 11) is 0. The summed E-state index contributed by atoms with van der Waals surface area (Å²) < 4.78 is 4.77. The molecular weight excluding hydrogens is 356 g/mol. The Hall–Kier alpha value is -1.39. The van der Waals surface area contributed by atoms with Gasteiger partial charge in [0.15, 0.2) is 0 Å². The largest absolute Gasteiger partial charge is 0.481 e. The van der Waals surface area contributed by atoms with E-state index in [1.807, 2.05) is 0 Å². The molecule has 0 atom stereocenters. The van der Waals surface area contributed by atoms with Crippen molar-refractivity contribution in [3.05, 3.63) is 0 Å².